The SMILES string of the molecule is CC(C)(C)OC(=O)N1CCC(c2c(C(=O)Nc3c(Cl)cccc3Cl)cnn2-c2ccc(F)cc2)CC1. The Hall–Kier alpha value is -3.10. The van der Waals surface area contributed by atoms with Gasteiger partial charge in [-0.25, -0.2) is 13.9 Å². The van der Waals surface area contributed by atoms with Crippen LogP contribution in [-0.2, 0) is 4.74 Å². The summed E-state index contributed by atoms with van der Waals surface area (Å²) in [6, 6.07) is 10.9. The fraction of sp³-hybridized carbons (Fsp3) is 0.346. The largest absolute Gasteiger partial charge is 0.444 e. The third kappa shape index (κ3) is 5.82. The highest BCUT2D eigenvalue weighted by atomic mass is 35.5. The fourth-order valence-electron chi connectivity index (χ4n) is 4.17. The van der Waals surface area contributed by atoms with E-state index in [4.69, 9.17) is 27.9 Å². The number of carbonyl (C=O) groups excluding carboxylic acids is 2. The van der Waals surface area contributed by atoms with Gasteiger partial charge in [-0.2, -0.15) is 5.10 Å². The zero-order valence-corrected chi connectivity index (χ0v) is 21.7. The number of ether oxygens (including phenoxy) is 1. The molecule has 4 rings (SSSR count). The molecular weight excluding hydrogens is 506 g/mol. The lowest BCUT2D eigenvalue weighted by Crippen LogP contribution is -2.41. The number of nitrogens with one attached hydrogen (secondary N) is 1. The first kappa shape index (κ1) is 26.0. The number of likely N-dealkylation sites (tertiary alicyclic amines) is 1. The Morgan fingerprint density at radius 1 is 1.06 bits per heavy atom. The normalized spacial score (nSPS) is 14.6. The van der Waals surface area contributed by atoms with E-state index in [9.17, 15) is 14.0 Å². The summed E-state index contributed by atoms with van der Waals surface area (Å²) in [5.74, 6) is -0.869. The lowest BCUT2D eigenvalue weighted by Gasteiger charge is -2.34. The van der Waals surface area contributed by atoms with Crippen molar-refractivity contribution in [2.45, 2.75) is 45.1 Å². The molecule has 1 saturated heterocycles. The Balaban J connectivity index is 1.64. The number of piperidine rings is 1. The predicted molar refractivity (Wildman–Crippen MR) is 138 cm³/mol. The van der Waals surface area contributed by atoms with Gasteiger partial charge in [0.15, 0.2) is 0 Å². The van der Waals surface area contributed by atoms with Crippen molar-refractivity contribution < 1.29 is 18.7 Å². The molecule has 2 heterocycles. The average molecular weight is 533 g/mol. The molecule has 190 valence electrons. The zero-order chi connectivity index (χ0) is 26.0. The maximum Gasteiger partial charge on any atom is 0.410 e. The molecule has 0 aliphatic carbocycles. The Morgan fingerprint density at radius 3 is 2.25 bits per heavy atom. The van der Waals surface area contributed by atoms with Crippen LogP contribution in [-0.4, -0.2) is 45.4 Å². The Kier molecular flexibility index (Phi) is 7.57. The molecule has 1 N–H and O–H groups in total. The van der Waals surface area contributed by atoms with Crippen LogP contribution in [0.1, 0.15) is 55.6 Å². The molecule has 36 heavy (non-hydrogen) atoms. The minimum absolute atomic E-state index is 0.0845. The van der Waals surface area contributed by atoms with Gasteiger partial charge in [0.1, 0.15) is 11.4 Å². The van der Waals surface area contributed by atoms with Crippen LogP contribution < -0.4 is 5.32 Å². The van der Waals surface area contributed by atoms with E-state index in [1.807, 2.05) is 20.8 Å². The molecular formula is C26H27Cl2FN4O3. The minimum Gasteiger partial charge on any atom is -0.444 e. The third-order valence-electron chi connectivity index (χ3n) is 5.86. The maximum absolute atomic E-state index is 13.6. The van der Waals surface area contributed by atoms with Gasteiger partial charge in [-0.15, -0.1) is 0 Å². The number of aromatic nitrogens is 2. The number of anilines is 1. The van der Waals surface area contributed by atoms with E-state index < -0.39 is 11.5 Å². The van der Waals surface area contributed by atoms with Gasteiger partial charge in [0, 0.05) is 19.0 Å². The summed E-state index contributed by atoms with van der Waals surface area (Å²) in [6.45, 7) is 6.41. The molecule has 1 aliphatic rings. The molecule has 1 fully saturated rings. The second-order valence-corrected chi connectivity index (χ2v) is 10.4. The minimum atomic E-state index is -0.583. The second-order valence-electron chi connectivity index (χ2n) is 9.62. The van der Waals surface area contributed by atoms with Crippen molar-refractivity contribution in [2.75, 3.05) is 18.4 Å². The van der Waals surface area contributed by atoms with Gasteiger partial charge in [0.25, 0.3) is 5.91 Å². The lowest BCUT2D eigenvalue weighted by atomic mass is 9.90. The fourth-order valence-corrected chi connectivity index (χ4v) is 4.67. The number of benzene rings is 2. The number of hydrogen-bond acceptors (Lipinski definition) is 4. The first-order valence-corrected chi connectivity index (χ1v) is 12.4. The number of amides is 2. The summed E-state index contributed by atoms with van der Waals surface area (Å²) in [5.41, 5.74) is 1.37. The van der Waals surface area contributed by atoms with Crippen LogP contribution in [0.5, 0.6) is 0 Å². The van der Waals surface area contributed by atoms with Gasteiger partial charge in [0.2, 0.25) is 0 Å². The van der Waals surface area contributed by atoms with Gasteiger partial charge in [0.05, 0.1) is 38.9 Å². The highest BCUT2D eigenvalue weighted by molar-refractivity contribution is 6.40. The number of nitrogens with zero attached hydrogens (tertiary/aromatic N) is 3. The van der Waals surface area contributed by atoms with Crippen LogP contribution in [0.15, 0.2) is 48.7 Å². The number of para-hydroxylation sites is 1. The summed E-state index contributed by atoms with van der Waals surface area (Å²) in [4.78, 5) is 27.6. The molecule has 3 aromatic rings. The van der Waals surface area contributed by atoms with Crippen molar-refractivity contribution in [3.63, 3.8) is 0 Å². The van der Waals surface area contributed by atoms with Gasteiger partial charge < -0.3 is 15.0 Å². The topological polar surface area (TPSA) is 76.5 Å². The van der Waals surface area contributed by atoms with Gasteiger partial charge in [-0.05, 0) is 70.0 Å². The molecule has 2 aromatic carbocycles. The molecule has 0 saturated carbocycles. The average Bonchev–Trinajstić information content (AvgIpc) is 3.26. The van der Waals surface area contributed by atoms with E-state index in [0.29, 0.717) is 58.6 Å². The highest BCUT2D eigenvalue weighted by Gasteiger charge is 2.32. The van der Waals surface area contributed by atoms with E-state index in [1.165, 1.54) is 18.3 Å². The van der Waals surface area contributed by atoms with Gasteiger partial charge in [-0.3, -0.25) is 4.79 Å². The van der Waals surface area contributed by atoms with E-state index in [1.54, 1.807) is 39.9 Å². The third-order valence-corrected chi connectivity index (χ3v) is 6.49. The lowest BCUT2D eigenvalue weighted by molar-refractivity contribution is 0.0203. The Labute approximate surface area is 219 Å². The molecule has 0 radical (unpaired) electrons. The quantitative estimate of drug-likeness (QED) is 0.406. The zero-order valence-electron chi connectivity index (χ0n) is 20.2. The standard InChI is InChI=1S/C26H27Cl2FN4O3/c1-26(2,3)36-25(35)32-13-11-16(12-14-32)23-19(15-30-33(23)18-9-7-17(29)8-10-18)24(34)31-22-20(27)5-4-6-21(22)28/h4-10,15-16H,11-14H2,1-3H3,(H,31,34). The Bertz CT molecular complexity index is 1240. The summed E-state index contributed by atoms with van der Waals surface area (Å²) in [7, 11) is 0. The van der Waals surface area contributed by atoms with Crippen molar-refractivity contribution >= 4 is 40.9 Å². The van der Waals surface area contributed by atoms with Crippen LogP contribution in [0.25, 0.3) is 5.69 Å². The second kappa shape index (κ2) is 10.5. The molecule has 10 heteroatoms. The molecule has 2 amide bonds. The van der Waals surface area contributed by atoms with Crippen LogP contribution in [0.2, 0.25) is 10.0 Å². The van der Waals surface area contributed by atoms with E-state index >= 15 is 0 Å². The molecule has 0 spiro atoms. The van der Waals surface area contributed by atoms with Crippen LogP contribution in [0.4, 0.5) is 14.9 Å². The van der Waals surface area contributed by atoms with Crippen molar-refractivity contribution in [1.82, 2.24) is 14.7 Å². The van der Waals surface area contributed by atoms with Crippen LogP contribution in [0, 0.1) is 5.82 Å². The number of halogens is 3. The van der Waals surface area contributed by atoms with Gasteiger partial charge >= 0.3 is 6.09 Å². The van der Waals surface area contributed by atoms with Crippen molar-refractivity contribution in [2.24, 2.45) is 0 Å². The van der Waals surface area contributed by atoms with Crippen molar-refractivity contribution in [3.8, 4) is 5.69 Å². The van der Waals surface area contributed by atoms with E-state index in [2.05, 4.69) is 10.4 Å². The molecule has 7 nitrogen and oxygen atoms in total. The summed E-state index contributed by atoms with van der Waals surface area (Å²) in [5, 5.41) is 7.89. The number of carbonyl (C=O) groups is 2. The first-order chi connectivity index (χ1) is 17.0. The number of rotatable bonds is 4. The smallest absolute Gasteiger partial charge is 0.410 e. The predicted octanol–water partition coefficient (Wildman–Crippen LogP) is 6.69. The van der Waals surface area contributed by atoms with Gasteiger partial charge in [-0.1, -0.05) is 29.3 Å². The summed E-state index contributed by atoms with van der Waals surface area (Å²) < 4.78 is 20.7. The van der Waals surface area contributed by atoms with Crippen LogP contribution in [0.3, 0.4) is 0 Å². The van der Waals surface area contributed by atoms with Crippen molar-refractivity contribution in [3.05, 3.63) is 75.8 Å². The first-order valence-electron chi connectivity index (χ1n) is 11.6. The molecule has 1 aromatic heterocycles. The molecule has 1 aliphatic heterocycles. The molecule has 0 unspecified atom stereocenters. The molecule has 0 atom stereocenters. The maximum atomic E-state index is 13.6. The van der Waals surface area contributed by atoms with E-state index in [-0.39, 0.29) is 17.8 Å². The van der Waals surface area contributed by atoms with Crippen LogP contribution >= 0.6 is 23.2 Å². The highest BCUT2D eigenvalue weighted by Crippen LogP contribution is 2.35. The number of hydrogen-bond donors (Lipinski definition) is 1. The summed E-state index contributed by atoms with van der Waals surface area (Å²) in [6.07, 6.45) is 2.32. The Morgan fingerprint density at radius 2 is 1.67 bits per heavy atom. The van der Waals surface area contributed by atoms with Crippen molar-refractivity contribution in [1.29, 1.82) is 0 Å². The molecule has 0 bridgehead atoms. The summed E-state index contributed by atoms with van der Waals surface area (Å²) >= 11 is 12.5. The monoisotopic (exact) mass is 532 g/mol. The van der Waals surface area contributed by atoms with E-state index in [0.717, 1.165) is 0 Å².